The summed E-state index contributed by atoms with van der Waals surface area (Å²) in [5, 5.41) is 5.90. The zero-order valence-corrected chi connectivity index (χ0v) is 12.5. The average Bonchev–Trinajstić information content (AvgIpc) is 2.95. The molecule has 1 amide bonds. The average molecular weight is 302 g/mol. The van der Waals surface area contributed by atoms with Gasteiger partial charge in [0.25, 0.3) is 0 Å². The Bertz CT molecular complexity index is 551. The van der Waals surface area contributed by atoms with E-state index in [1.54, 1.807) is 11.3 Å². The third-order valence-corrected chi connectivity index (χ3v) is 6.00. The first kappa shape index (κ1) is 14.5. The van der Waals surface area contributed by atoms with E-state index >= 15 is 0 Å². The van der Waals surface area contributed by atoms with Crippen LogP contribution >= 0.6 is 11.3 Å². The fraction of sp³-hybridized carbons (Fsp3) is 0.667. The number of rotatable bonds is 5. The van der Waals surface area contributed by atoms with Gasteiger partial charge in [-0.25, -0.2) is 13.4 Å². The number of nitrogens with zero attached hydrogens (tertiary/aromatic N) is 1. The number of amides is 1. The molecule has 0 spiro atoms. The van der Waals surface area contributed by atoms with Gasteiger partial charge in [-0.1, -0.05) is 6.92 Å². The number of thiazole rings is 1. The number of hydrogen-bond acceptors (Lipinski definition) is 5. The van der Waals surface area contributed by atoms with E-state index in [1.807, 2.05) is 5.38 Å². The summed E-state index contributed by atoms with van der Waals surface area (Å²) >= 11 is 1.63. The minimum absolute atomic E-state index is 0.00445. The third kappa shape index (κ3) is 4.01. The van der Waals surface area contributed by atoms with E-state index in [0.29, 0.717) is 19.4 Å². The summed E-state index contributed by atoms with van der Waals surface area (Å²) in [7, 11) is -2.99. The Hall–Kier alpha value is -0.950. The number of nitrogens with one attached hydrogen (secondary N) is 1. The normalized spacial score (nSPS) is 21.4. The van der Waals surface area contributed by atoms with E-state index in [1.165, 1.54) is 0 Å². The molecule has 0 bridgehead atoms. The van der Waals surface area contributed by atoms with Crippen molar-refractivity contribution in [2.45, 2.75) is 26.2 Å². The number of carbonyl (C=O) groups excluding carboxylic acids is 1. The summed E-state index contributed by atoms with van der Waals surface area (Å²) in [6.45, 7) is 2.58. The maximum atomic E-state index is 11.8. The first-order valence-corrected chi connectivity index (χ1v) is 9.11. The van der Waals surface area contributed by atoms with Gasteiger partial charge in [-0.2, -0.15) is 0 Å². The molecule has 1 aromatic rings. The Balaban J connectivity index is 1.75. The molecule has 1 N–H and O–H groups in total. The van der Waals surface area contributed by atoms with E-state index < -0.39 is 9.84 Å². The number of aryl methyl sites for hydroxylation is 1. The van der Waals surface area contributed by atoms with Crippen LogP contribution in [0, 0.1) is 5.92 Å². The lowest BCUT2D eigenvalue weighted by Gasteiger charge is -2.08. The van der Waals surface area contributed by atoms with Crippen molar-refractivity contribution in [3.05, 3.63) is 16.1 Å². The zero-order chi connectivity index (χ0) is 13.9. The summed E-state index contributed by atoms with van der Waals surface area (Å²) in [4.78, 5) is 16.2. The molecule has 2 heterocycles. The fourth-order valence-corrected chi connectivity index (χ4v) is 4.61. The molecular formula is C12H18N2O3S2. The summed E-state index contributed by atoms with van der Waals surface area (Å²) < 4.78 is 22.6. The fourth-order valence-electron chi connectivity index (χ4n) is 2.09. The molecule has 106 valence electrons. The van der Waals surface area contributed by atoms with Crippen LogP contribution in [0.2, 0.25) is 0 Å². The summed E-state index contributed by atoms with van der Waals surface area (Å²) in [6.07, 6.45) is 2.07. The highest BCUT2D eigenvalue weighted by Gasteiger charge is 2.32. The Labute approximate surface area is 117 Å². The molecular weight excluding hydrogens is 284 g/mol. The van der Waals surface area contributed by atoms with Gasteiger partial charge in [0.2, 0.25) is 5.91 Å². The highest BCUT2D eigenvalue weighted by Crippen LogP contribution is 2.18. The van der Waals surface area contributed by atoms with Crippen molar-refractivity contribution in [2.75, 3.05) is 18.1 Å². The molecule has 19 heavy (non-hydrogen) atoms. The van der Waals surface area contributed by atoms with E-state index in [9.17, 15) is 13.2 Å². The quantitative estimate of drug-likeness (QED) is 0.873. The van der Waals surface area contributed by atoms with Crippen molar-refractivity contribution < 1.29 is 13.2 Å². The second-order valence-electron chi connectivity index (χ2n) is 4.73. The lowest BCUT2D eigenvalue weighted by atomic mass is 10.1. The van der Waals surface area contributed by atoms with Crippen LogP contribution in [0.3, 0.4) is 0 Å². The number of hydrogen-bond donors (Lipinski definition) is 1. The lowest BCUT2D eigenvalue weighted by Crippen LogP contribution is -2.32. The van der Waals surface area contributed by atoms with Crippen LogP contribution in [0.1, 0.15) is 24.0 Å². The van der Waals surface area contributed by atoms with Crippen molar-refractivity contribution in [3.63, 3.8) is 0 Å². The minimum Gasteiger partial charge on any atom is -0.355 e. The molecule has 5 nitrogen and oxygen atoms in total. The van der Waals surface area contributed by atoms with Crippen molar-refractivity contribution in [1.29, 1.82) is 0 Å². The predicted octanol–water partition coefficient (Wildman–Crippen LogP) is 0.799. The largest absolute Gasteiger partial charge is 0.355 e. The van der Waals surface area contributed by atoms with Gasteiger partial charge in [0.15, 0.2) is 9.84 Å². The van der Waals surface area contributed by atoms with E-state index in [2.05, 4.69) is 17.2 Å². The van der Waals surface area contributed by atoms with Gasteiger partial charge in [0.05, 0.1) is 28.1 Å². The summed E-state index contributed by atoms with van der Waals surface area (Å²) in [5.74, 6) is -0.384. The van der Waals surface area contributed by atoms with Gasteiger partial charge in [-0.15, -0.1) is 11.3 Å². The smallest absolute Gasteiger partial charge is 0.224 e. The van der Waals surface area contributed by atoms with Gasteiger partial charge >= 0.3 is 0 Å². The molecule has 0 unspecified atom stereocenters. The van der Waals surface area contributed by atoms with Gasteiger partial charge in [0, 0.05) is 18.3 Å². The van der Waals surface area contributed by atoms with Crippen LogP contribution in [0.25, 0.3) is 0 Å². The molecule has 0 radical (unpaired) electrons. The van der Waals surface area contributed by atoms with Crippen molar-refractivity contribution in [1.82, 2.24) is 10.3 Å². The zero-order valence-electron chi connectivity index (χ0n) is 10.9. The van der Waals surface area contributed by atoms with Gasteiger partial charge in [0.1, 0.15) is 0 Å². The Morgan fingerprint density at radius 3 is 2.95 bits per heavy atom. The van der Waals surface area contributed by atoms with Gasteiger partial charge < -0.3 is 5.32 Å². The SMILES string of the molecule is CCc1nc(CCNC(=O)[C@@H]2CCS(=O)(=O)C2)cs1. The molecule has 0 aromatic carbocycles. The summed E-state index contributed by atoms with van der Waals surface area (Å²) in [5.41, 5.74) is 0.987. The summed E-state index contributed by atoms with van der Waals surface area (Å²) in [6, 6.07) is 0. The molecule has 0 aliphatic carbocycles. The van der Waals surface area contributed by atoms with Crippen molar-refractivity contribution >= 4 is 27.1 Å². The van der Waals surface area contributed by atoms with Crippen LogP contribution in [0.15, 0.2) is 5.38 Å². The first-order chi connectivity index (χ1) is 9.00. The van der Waals surface area contributed by atoms with Crippen molar-refractivity contribution in [3.8, 4) is 0 Å². The third-order valence-electron chi connectivity index (χ3n) is 3.19. The maximum absolute atomic E-state index is 11.8. The van der Waals surface area contributed by atoms with Gasteiger partial charge in [-0.05, 0) is 12.8 Å². The second kappa shape index (κ2) is 6.00. The second-order valence-corrected chi connectivity index (χ2v) is 7.90. The standard InChI is InChI=1S/C12H18N2O3S2/c1-2-11-14-10(7-18-11)3-5-13-12(15)9-4-6-19(16,17)8-9/h7,9H,2-6,8H2,1H3,(H,13,15)/t9-/m1/s1. The molecule has 2 rings (SSSR count). The van der Waals surface area contributed by atoms with E-state index in [-0.39, 0.29) is 23.3 Å². The van der Waals surface area contributed by atoms with Crippen LogP contribution in [0.4, 0.5) is 0 Å². The van der Waals surface area contributed by atoms with Crippen molar-refractivity contribution in [2.24, 2.45) is 5.92 Å². The minimum atomic E-state index is -2.99. The molecule has 1 aliphatic heterocycles. The predicted molar refractivity (Wildman–Crippen MR) is 75.0 cm³/mol. The molecule has 1 aromatic heterocycles. The Morgan fingerprint density at radius 1 is 1.58 bits per heavy atom. The monoisotopic (exact) mass is 302 g/mol. The van der Waals surface area contributed by atoms with Crippen LogP contribution < -0.4 is 5.32 Å². The molecule has 1 aliphatic rings. The maximum Gasteiger partial charge on any atom is 0.224 e. The highest BCUT2D eigenvalue weighted by molar-refractivity contribution is 7.91. The molecule has 7 heteroatoms. The topological polar surface area (TPSA) is 76.1 Å². The number of aromatic nitrogens is 1. The highest BCUT2D eigenvalue weighted by atomic mass is 32.2. The van der Waals surface area contributed by atoms with Gasteiger partial charge in [-0.3, -0.25) is 4.79 Å². The number of sulfone groups is 1. The Kier molecular flexibility index (Phi) is 4.57. The van der Waals surface area contributed by atoms with Crippen LogP contribution in [0.5, 0.6) is 0 Å². The van der Waals surface area contributed by atoms with E-state index in [4.69, 9.17) is 0 Å². The molecule has 1 atom stereocenters. The molecule has 0 saturated carbocycles. The first-order valence-electron chi connectivity index (χ1n) is 6.41. The van der Waals surface area contributed by atoms with E-state index in [0.717, 1.165) is 17.1 Å². The lowest BCUT2D eigenvalue weighted by molar-refractivity contribution is -0.124. The Morgan fingerprint density at radius 2 is 2.37 bits per heavy atom. The van der Waals surface area contributed by atoms with Crippen LogP contribution in [-0.2, 0) is 27.5 Å². The molecule has 1 fully saturated rings. The van der Waals surface area contributed by atoms with Crippen LogP contribution in [-0.4, -0.2) is 37.4 Å². The number of carbonyl (C=O) groups is 1. The molecule has 1 saturated heterocycles.